The zero-order valence-electron chi connectivity index (χ0n) is 15.1. The fraction of sp³-hybridized carbons (Fsp3) is 0.318. The predicted molar refractivity (Wildman–Crippen MR) is 103 cm³/mol. The molecule has 2 aliphatic rings. The third kappa shape index (κ3) is 3.37. The van der Waals surface area contributed by atoms with Crippen LogP contribution in [-0.4, -0.2) is 41.6 Å². The van der Waals surface area contributed by atoms with E-state index >= 15 is 0 Å². The van der Waals surface area contributed by atoms with Crippen LogP contribution in [0.4, 0.5) is 5.69 Å². The largest absolute Gasteiger partial charge is 0.328 e. The van der Waals surface area contributed by atoms with Gasteiger partial charge in [0.1, 0.15) is 0 Å². The van der Waals surface area contributed by atoms with Crippen LogP contribution in [0.15, 0.2) is 54.6 Å². The summed E-state index contributed by atoms with van der Waals surface area (Å²) in [6.45, 7) is 1.27. The van der Waals surface area contributed by atoms with Gasteiger partial charge in [-0.1, -0.05) is 36.4 Å². The van der Waals surface area contributed by atoms with Gasteiger partial charge in [-0.15, -0.1) is 0 Å². The van der Waals surface area contributed by atoms with E-state index in [9.17, 15) is 14.4 Å². The summed E-state index contributed by atoms with van der Waals surface area (Å²) in [6.07, 6.45) is 2.90. The summed E-state index contributed by atoms with van der Waals surface area (Å²) in [7, 11) is 0. The average molecular weight is 362 g/mol. The summed E-state index contributed by atoms with van der Waals surface area (Å²) < 4.78 is 0. The van der Waals surface area contributed by atoms with Crippen LogP contribution in [0.25, 0.3) is 0 Å². The van der Waals surface area contributed by atoms with Crippen LogP contribution in [0.3, 0.4) is 0 Å². The molecule has 2 saturated heterocycles. The Morgan fingerprint density at radius 2 is 1.67 bits per heavy atom. The number of hydrogen-bond donors (Lipinski definition) is 0. The molecule has 1 atom stereocenters. The third-order valence-corrected chi connectivity index (χ3v) is 5.35. The lowest BCUT2D eigenvalue weighted by atomic mass is 10.0. The molecule has 5 nitrogen and oxygen atoms in total. The van der Waals surface area contributed by atoms with Crippen molar-refractivity contribution in [3.05, 3.63) is 65.7 Å². The molecule has 0 N–H and O–H groups in total. The normalized spacial score (nSPS) is 19.6. The maximum Gasteiger partial charge on any atom is 0.254 e. The van der Waals surface area contributed by atoms with Crippen molar-refractivity contribution in [3.8, 4) is 0 Å². The Bertz CT molecular complexity index is 878. The number of carbonyl (C=O) groups excluding carboxylic acids is 3. The lowest BCUT2D eigenvalue weighted by Gasteiger charge is -2.24. The van der Waals surface area contributed by atoms with Crippen molar-refractivity contribution in [3.63, 3.8) is 0 Å². The Labute approximate surface area is 158 Å². The van der Waals surface area contributed by atoms with Gasteiger partial charge in [0, 0.05) is 36.3 Å². The Kier molecular flexibility index (Phi) is 4.75. The number of rotatable bonds is 4. The van der Waals surface area contributed by atoms with Crippen LogP contribution < -0.4 is 4.90 Å². The molecule has 2 aromatic rings. The summed E-state index contributed by atoms with van der Waals surface area (Å²) in [6, 6.07) is 15.9. The highest BCUT2D eigenvalue weighted by Crippen LogP contribution is 2.26. The van der Waals surface area contributed by atoms with Gasteiger partial charge in [-0.3, -0.25) is 14.4 Å². The Morgan fingerprint density at radius 3 is 2.41 bits per heavy atom. The van der Waals surface area contributed by atoms with E-state index in [1.807, 2.05) is 24.3 Å². The fourth-order valence-electron chi connectivity index (χ4n) is 3.97. The zero-order chi connectivity index (χ0) is 18.8. The predicted octanol–water partition coefficient (Wildman–Crippen LogP) is 3.30. The number of nitrogens with zero attached hydrogens (tertiary/aromatic N) is 2. The molecule has 2 amide bonds. The molecular weight excluding hydrogens is 340 g/mol. The summed E-state index contributed by atoms with van der Waals surface area (Å²) in [4.78, 5) is 41.4. The Hall–Kier alpha value is -2.95. The highest BCUT2D eigenvalue weighted by Gasteiger charge is 2.35. The molecule has 1 unspecified atom stereocenters. The van der Waals surface area contributed by atoms with Gasteiger partial charge in [0.15, 0.2) is 5.78 Å². The van der Waals surface area contributed by atoms with Gasteiger partial charge in [0.05, 0.1) is 6.04 Å². The monoisotopic (exact) mass is 362 g/mol. The first-order valence-electron chi connectivity index (χ1n) is 9.46. The second-order valence-corrected chi connectivity index (χ2v) is 7.09. The highest BCUT2D eigenvalue weighted by atomic mass is 16.2. The van der Waals surface area contributed by atoms with Crippen LogP contribution in [-0.2, 0) is 4.79 Å². The summed E-state index contributed by atoms with van der Waals surface area (Å²) in [5.74, 6) is -0.0551. The van der Waals surface area contributed by atoms with E-state index in [1.165, 1.54) is 0 Å². The van der Waals surface area contributed by atoms with Gasteiger partial charge in [-0.2, -0.15) is 0 Å². The van der Waals surface area contributed by atoms with Crippen molar-refractivity contribution in [1.29, 1.82) is 0 Å². The number of anilines is 1. The number of benzene rings is 2. The molecule has 0 aliphatic carbocycles. The van der Waals surface area contributed by atoms with Crippen LogP contribution >= 0.6 is 0 Å². The maximum atomic E-state index is 13.1. The standard InChI is InChI=1S/C22H22N2O3/c25-20-12-6-13-23(20)18-10-4-9-17(15-18)22(27)24-14-5-11-19(24)21(26)16-7-2-1-3-8-16/h1-4,7-10,15,19H,5-6,11-14H2. The molecular formula is C22H22N2O3. The van der Waals surface area contributed by atoms with Crippen LogP contribution in [0, 0.1) is 0 Å². The fourth-order valence-corrected chi connectivity index (χ4v) is 3.97. The van der Waals surface area contributed by atoms with Crippen molar-refractivity contribution >= 4 is 23.3 Å². The lowest BCUT2D eigenvalue weighted by molar-refractivity contribution is -0.117. The van der Waals surface area contributed by atoms with E-state index in [-0.39, 0.29) is 17.6 Å². The molecule has 2 aromatic carbocycles. The van der Waals surface area contributed by atoms with E-state index < -0.39 is 6.04 Å². The zero-order valence-corrected chi connectivity index (χ0v) is 15.1. The van der Waals surface area contributed by atoms with E-state index in [0.717, 1.165) is 18.5 Å². The topological polar surface area (TPSA) is 57.7 Å². The number of amides is 2. The van der Waals surface area contributed by atoms with Crippen molar-refractivity contribution in [1.82, 2.24) is 4.90 Å². The Balaban J connectivity index is 1.57. The van der Waals surface area contributed by atoms with Gasteiger partial charge >= 0.3 is 0 Å². The molecule has 5 heteroatoms. The quantitative estimate of drug-likeness (QED) is 0.784. The summed E-state index contributed by atoms with van der Waals surface area (Å²) in [5.41, 5.74) is 1.92. The molecule has 0 bridgehead atoms. The first-order chi connectivity index (χ1) is 13.1. The molecule has 2 aliphatic heterocycles. The van der Waals surface area contributed by atoms with Gasteiger partial charge in [0.25, 0.3) is 5.91 Å². The van der Waals surface area contributed by atoms with Gasteiger partial charge in [0.2, 0.25) is 5.91 Å². The molecule has 27 heavy (non-hydrogen) atoms. The lowest BCUT2D eigenvalue weighted by Crippen LogP contribution is -2.40. The molecule has 2 fully saturated rings. The first kappa shape index (κ1) is 17.5. The van der Waals surface area contributed by atoms with Gasteiger partial charge in [-0.25, -0.2) is 0 Å². The second kappa shape index (κ2) is 7.35. The molecule has 0 spiro atoms. The number of hydrogen-bond acceptors (Lipinski definition) is 3. The van der Waals surface area contributed by atoms with Crippen molar-refractivity contribution in [2.45, 2.75) is 31.7 Å². The van der Waals surface area contributed by atoms with E-state index in [2.05, 4.69) is 0 Å². The first-order valence-corrected chi connectivity index (χ1v) is 9.46. The van der Waals surface area contributed by atoms with Crippen molar-refractivity contribution < 1.29 is 14.4 Å². The third-order valence-electron chi connectivity index (χ3n) is 5.35. The minimum Gasteiger partial charge on any atom is -0.328 e. The molecule has 0 radical (unpaired) electrons. The number of likely N-dealkylation sites (tertiary alicyclic amines) is 1. The van der Waals surface area contributed by atoms with Crippen LogP contribution in [0.2, 0.25) is 0 Å². The summed E-state index contributed by atoms with van der Waals surface area (Å²) in [5, 5.41) is 0. The second-order valence-electron chi connectivity index (χ2n) is 7.09. The van der Waals surface area contributed by atoms with Gasteiger partial charge < -0.3 is 9.80 Å². The van der Waals surface area contributed by atoms with Crippen LogP contribution in [0.1, 0.15) is 46.4 Å². The van der Waals surface area contributed by atoms with Crippen molar-refractivity contribution in [2.24, 2.45) is 0 Å². The molecule has 138 valence electrons. The smallest absolute Gasteiger partial charge is 0.254 e. The SMILES string of the molecule is O=C(c1ccccc1)C1CCCN1C(=O)c1cccc(N2CCCC2=O)c1. The molecule has 0 aromatic heterocycles. The van der Waals surface area contributed by atoms with E-state index in [0.29, 0.717) is 37.1 Å². The minimum atomic E-state index is -0.419. The Morgan fingerprint density at radius 1 is 0.889 bits per heavy atom. The number of ketones is 1. The average Bonchev–Trinajstić information content (AvgIpc) is 3.36. The maximum absolute atomic E-state index is 13.1. The van der Waals surface area contributed by atoms with E-state index in [4.69, 9.17) is 0 Å². The number of carbonyl (C=O) groups is 3. The van der Waals surface area contributed by atoms with Crippen molar-refractivity contribution in [2.75, 3.05) is 18.0 Å². The number of Topliss-reactive ketones (excluding diaryl/α,β-unsaturated/α-hetero) is 1. The molecule has 0 saturated carbocycles. The highest BCUT2D eigenvalue weighted by molar-refractivity contribution is 6.05. The van der Waals surface area contributed by atoms with Crippen LogP contribution in [0.5, 0.6) is 0 Å². The minimum absolute atomic E-state index is 0.00711. The summed E-state index contributed by atoms with van der Waals surface area (Å²) >= 11 is 0. The molecule has 4 rings (SSSR count). The van der Waals surface area contributed by atoms with Gasteiger partial charge in [-0.05, 0) is 37.5 Å². The molecule has 2 heterocycles. The van der Waals surface area contributed by atoms with E-state index in [1.54, 1.807) is 40.1 Å².